The number of carbonyl (C=O) groups is 4. The van der Waals surface area contributed by atoms with Gasteiger partial charge in [-0.15, -0.1) is 0 Å². The largest absolute Gasteiger partial charge is 0.444 e. The minimum Gasteiger partial charge on any atom is -0.444 e. The molecule has 2 heterocycles. The van der Waals surface area contributed by atoms with E-state index in [9.17, 15) is 23.6 Å². The number of alkyl carbamates (subject to hydrolysis) is 2. The molecule has 4 rings (SSSR count). The van der Waals surface area contributed by atoms with E-state index in [2.05, 4.69) is 20.9 Å². The van der Waals surface area contributed by atoms with Crippen molar-refractivity contribution in [2.45, 2.75) is 90.5 Å². The summed E-state index contributed by atoms with van der Waals surface area (Å²) in [4.78, 5) is 46.6. The van der Waals surface area contributed by atoms with E-state index in [0.29, 0.717) is 21.9 Å². The van der Waals surface area contributed by atoms with Crippen LogP contribution in [0.15, 0.2) is 36.4 Å². The Hall–Kier alpha value is -3.41. The van der Waals surface area contributed by atoms with Gasteiger partial charge < -0.3 is 30.3 Å². The van der Waals surface area contributed by atoms with Crippen molar-refractivity contribution in [1.82, 2.24) is 16.0 Å². The molecule has 0 radical (unpaired) electrons. The highest BCUT2D eigenvalue weighted by molar-refractivity contribution is 6.31. The quantitative estimate of drug-likeness (QED) is 0.280. The summed E-state index contributed by atoms with van der Waals surface area (Å²) >= 11 is 11.4. The number of hydrogen-bond acceptors (Lipinski definition) is 8. The van der Waals surface area contributed by atoms with Crippen LogP contribution >= 0.6 is 23.2 Å². The van der Waals surface area contributed by atoms with Crippen LogP contribution in [0.1, 0.15) is 87.9 Å². The molecule has 2 aromatic rings. The first kappa shape index (κ1) is 39.8. The lowest BCUT2D eigenvalue weighted by Gasteiger charge is -2.34. The summed E-state index contributed by atoms with van der Waals surface area (Å²) in [7, 11) is 0. The average Bonchev–Trinajstić information content (AvgIpc) is 2.98. The number of piperidine rings is 2. The zero-order valence-corrected chi connectivity index (χ0v) is 29.5. The summed E-state index contributed by atoms with van der Waals surface area (Å²) in [5.74, 6) is -0.542. The Morgan fingerprint density at radius 1 is 0.787 bits per heavy atom. The second-order valence-electron chi connectivity index (χ2n) is 13.2. The Labute approximate surface area is 287 Å². The molecule has 10 nitrogen and oxygen atoms in total. The third-order valence-electron chi connectivity index (χ3n) is 6.82. The Balaban J connectivity index is 0.000000271. The van der Waals surface area contributed by atoms with Gasteiger partial charge in [0.2, 0.25) is 0 Å². The van der Waals surface area contributed by atoms with Gasteiger partial charge in [-0.3, -0.25) is 9.59 Å². The lowest BCUT2D eigenvalue weighted by atomic mass is 10.0. The van der Waals surface area contributed by atoms with Crippen LogP contribution in [0.4, 0.5) is 19.7 Å². The molecule has 13 heteroatoms. The van der Waals surface area contributed by atoms with Crippen molar-refractivity contribution >= 4 is 53.6 Å². The maximum absolute atomic E-state index is 12.5. The van der Waals surface area contributed by atoms with Gasteiger partial charge in [0, 0.05) is 46.5 Å². The van der Waals surface area contributed by atoms with E-state index in [0.717, 1.165) is 69.9 Å². The zero-order chi connectivity index (χ0) is 35.2. The van der Waals surface area contributed by atoms with Crippen LogP contribution in [0.5, 0.6) is 0 Å². The fourth-order valence-electron chi connectivity index (χ4n) is 4.69. The molecule has 2 fully saturated rings. The maximum atomic E-state index is 12.5. The Bertz CT molecular complexity index is 1330. The molecule has 0 bridgehead atoms. The van der Waals surface area contributed by atoms with Crippen LogP contribution < -0.4 is 20.9 Å². The lowest BCUT2D eigenvalue weighted by Crippen LogP contribution is -2.46. The molecule has 0 unspecified atom stereocenters. The topological polar surface area (TPSA) is 126 Å². The van der Waals surface area contributed by atoms with Gasteiger partial charge in [0.25, 0.3) is 0 Å². The number of hydrogen-bond donors (Lipinski definition) is 3. The van der Waals surface area contributed by atoms with Crippen LogP contribution in [0.25, 0.3) is 0 Å². The molecule has 260 valence electrons. The molecule has 3 N–H and O–H groups in total. The van der Waals surface area contributed by atoms with E-state index >= 15 is 0 Å². The Morgan fingerprint density at radius 2 is 1.23 bits per heavy atom. The van der Waals surface area contributed by atoms with Crippen molar-refractivity contribution in [3.05, 3.63) is 63.4 Å². The van der Waals surface area contributed by atoms with Gasteiger partial charge in [-0.25, -0.2) is 14.0 Å². The molecule has 2 aliphatic heterocycles. The summed E-state index contributed by atoms with van der Waals surface area (Å²) in [6, 6.07) is 9.52. The molecule has 2 aromatic carbocycles. The number of nitrogens with one attached hydrogen (secondary N) is 3. The van der Waals surface area contributed by atoms with E-state index in [4.69, 9.17) is 32.7 Å². The van der Waals surface area contributed by atoms with Crippen LogP contribution in [0, 0.1) is 5.82 Å². The van der Waals surface area contributed by atoms with Crippen LogP contribution in [-0.2, 0) is 9.47 Å². The standard InChI is InChI=1S/C17H23ClN2O3.C10H20N2O2.C7H4ClFO/c1-17(2,3)23-16(22)19-14-6-8-20(9-7-14)15-5-4-13(18)10-12(15)11-21;1-10(2,3)14-9(13)12-8-4-6-11-7-5-8;8-6-1-2-7(9)5(3-6)4-10/h4-5,10-11,14H,6-9H2,1-3H3,(H,19,22);8,11H,4-7H2,1-3H3,(H,12,13);1-4H. The monoisotopic (exact) mass is 696 g/mol. The summed E-state index contributed by atoms with van der Waals surface area (Å²) in [5, 5.41) is 9.94. The maximum Gasteiger partial charge on any atom is 0.407 e. The van der Waals surface area contributed by atoms with E-state index in [1.807, 2.05) is 47.6 Å². The summed E-state index contributed by atoms with van der Waals surface area (Å²) < 4.78 is 22.9. The van der Waals surface area contributed by atoms with Crippen LogP contribution in [-0.4, -0.2) is 74.2 Å². The summed E-state index contributed by atoms with van der Waals surface area (Å²) in [6.45, 7) is 14.6. The fourth-order valence-corrected chi connectivity index (χ4v) is 5.05. The third-order valence-corrected chi connectivity index (χ3v) is 7.29. The average molecular weight is 698 g/mol. The van der Waals surface area contributed by atoms with Crippen molar-refractivity contribution in [1.29, 1.82) is 0 Å². The second kappa shape index (κ2) is 18.8. The first-order valence-corrected chi connectivity index (χ1v) is 16.3. The molecule has 2 amide bonds. The van der Waals surface area contributed by atoms with Gasteiger partial charge in [0.15, 0.2) is 12.6 Å². The predicted octanol–water partition coefficient (Wildman–Crippen LogP) is 7.20. The van der Waals surface area contributed by atoms with Gasteiger partial charge in [-0.2, -0.15) is 0 Å². The lowest BCUT2D eigenvalue weighted by molar-refractivity contribution is 0.0484. The molecule has 2 saturated heterocycles. The number of nitrogens with zero attached hydrogens (tertiary/aromatic N) is 1. The Kier molecular flexibility index (Phi) is 15.9. The smallest absolute Gasteiger partial charge is 0.407 e. The highest BCUT2D eigenvalue weighted by atomic mass is 35.5. The highest BCUT2D eigenvalue weighted by Crippen LogP contribution is 2.26. The number of amides is 2. The van der Waals surface area contributed by atoms with Crippen LogP contribution in [0.3, 0.4) is 0 Å². The van der Waals surface area contributed by atoms with Crippen molar-refractivity contribution in [3.8, 4) is 0 Å². The van der Waals surface area contributed by atoms with Crippen molar-refractivity contribution in [2.24, 2.45) is 0 Å². The Morgan fingerprint density at radius 3 is 1.68 bits per heavy atom. The van der Waals surface area contributed by atoms with Gasteiger partial charge in [0.05, 0.1) is 5.56 Å². The summed E-state index contributed by atoms with van der Waals surface area (Å²) in [5.41, 5.74) is 0.577. The van der Waals surface area contributed by atoms with Crippen molar-refractivity contribution in [3.63, 3.8) is 0 Å². The fraction of sp³-hybridized carbons (Fsp3) is 0.529. The molecule has 0 saturated carbocycles. The molecule has 0 atom stereocenters. The van der Waals surface area contributed by atoms with E-state index < -0.39 is 17.0 Å². The molecule has 0 aliphatic carbocycles. The minimum absolute atomic E-state index is 0.00694. The SMILES string of the molecule is CC(C)(C)OC(=O)NC1CCN(c2ccc(Cl)cc2C=O)CC1.CC(C)(C)OC(=O)NC1CCNCC1.O=Cc1cc(Cl)ccc1F. The van der Waals surface area contributed by atoms with Crippen LogP contribution in [0.2, 0.25) is 10.0 Å². The first-order valence-electron chi connectivity index (χ1n) is 15.6. The van der Waals surface area contributed by atoms with E-state index in [-0.39, 0.29) is 29.8 Å². The summed E-state index contributed by atoms with van der Waals surface area (Å²) in [6.07, 6.45) is 4.16. The van der Waals surface area contributed by atoms with Gasteiger partial charge in [0.1, 0.15) is 17.0 Å². The van der Waals surface area contributed by atoms with Crippen molar-refractivity contribution < 1.29 is 33.0 Å². The van der Waals surface area contributed by atoms with Crippen molar-refractivity contribution in [2.75, 3.05) is 31.1 Å². The molecule has 47 heavy (non-hydrogen) atoms. The molecule has 0 aromatic heterocycles. The number of rotatable bonds is 5. The van der Waals surface area contributed by atoms with Gasteiger partial charge >= 0.3 is 12.2 Å². The zero-order valence-electron chi connectivity index (χ0n) is 28.0. The molecular formula is C34H47Cl2FN4O6. The number of ether oxygens (including phenoxy) is 2. The van der Waals surface area contributed by atoms with Gasteiger partial charge in [-0.1, -0.05) is 23.2 Å². The number of carbonyl (C=O) groups excluding carboxylic acids is 4. The molecule has 0 spiro atoms. The number of benzene rings is 2. The highest BCUT2D eigenvalue weighted by Gasteiger charge is 2.25. The number of anilines is 1. The third kappa shape index (κ3) is 15.8. The number of halogens is 3. The normalized spacial score (nSPS) is 15.6. The molecule has 2 aliphatic rings. The van der Waals surface area contributed by atoms with E-state index in [1.165, 1.54) is 12.1 Å². The molecular weight excluding hydrogens is 650 g/mol. The first-order chi connectivity index (χ1) is 22.0. The second-order valence-corrected chi connectivity index (χ2v) is 14.1. The predicted molar refractivity (Wildman–Crippen MR) is 184 cm³/mol. The number of aldehydes is 2. The minimum atomic E-state index is -0.542. The van der Waals surface area contributed by atoms with Gasteiger partial charge in [-0.05, 0) is 117 Å². The van der Waals surface area contributed by atoms with E-state index in [1.54, 1.807) is 12.1 Å².